The van der Waals surface area contributed by atoms with Gasteiger partial charge in [-0.05, 0) is 57.0 Å². The van der Waals surface area contributed by atoms with E-state index in [1.165, 1.54) is 0 Å². The van der Waals surface area contributed by atoms with Gasteiger partial charge in [0.1, 0.15) is 5.75 Å². The Balaban J connectivity index is 1.43. The number of amides is 1. The Morgan fingerprint density at radius 2 is 1.83 bits per heavy atom. The molecular formula is C23H25N3O3S. The summed E-state index contributed by atoms with van der Waals surface area (Å²) in [6, 6.07) is 9.18. The van der Waals surface area contributed by atoms with Gasteiger partial charge >= 0.3 is 0 Å². The van der Waals surface area contributed by atoms with Crippen molar-refractivity contribution < 1.29 is 14.3 Å². The molecule has 4 rings (SSSR count). The first-order valence-corrected chi connectivity index (χ1v) is 10.9. The van der Waals surface area contributed by atoms with Gasteiger partial charge in [-0.2, -0.15) is 0 Å². The lowest BCUT2D eigenvalue weighted by Gasteiger charge is -2.31. The zero-order valence-corrected chi connectivity index (χ0v) is 18.2. The second kappa shape index (κ2) is 8.44. The fourth-order valence-electron chi connectivity index (χ4n) is 4.11. The Morgan fingerprint density at radius 3 is 2.43 bits per heavy atom. The van der Waals surface area contributed by atoms with Crippen LogP contribution in [0.3, 0.4) is 0 Å². The van der Waals surface area contributed by atoms with Crippen molar-refractivity contribution in [2.75, 3.05) is 20.2 Å². The molecule has 2 aromatic heterocycles. The molecule has 0 saturated carbocycles. The van der Waals surface area contributed by atoms with E-state index in [0.29, 0.717) is 37.1 Å². The summed E-state index contributed by atoms with van der Waals surface area (Å²) in [6.07, 6.45) is 3.13. The van der Waals surface area contributed by atoms with E-state index in [4.69, 9.17) is 4.74 Å². The number of likely N-dealkylation sites (tertiary alicyclic amines) is 1. The monoisotopic (exact) mass is 423 g/mol. The maximum Gasteiger partial charge on any atom is 0.255 e. The molecule has 0 atom stereocenters. The Labute approximate surface area is 180 Å². The van der Waals surface area contributed by atoms with E-state index in [2.05, 4.69) is 4.98 Å². The molecule has 0 bridgehead atoms. The summed E-state index contributed by atoms with van der Waals surface area (Å²) in [5, 5.41) is 2.80. The van der Waals surface area contributed by atoms with Crippen LogP contribution in [0.25, 0.3) is 5.13 Å². The number of carbonyl (C=O) groups is 2. The fourth-order valence-corrected chi connectivity index (χ4v) is 4.86. The zero-order chi connectivity index (χ0) is 21.3. The molecule has 1 fully saturated rings. The van der Waals surface area contributed by atoms with Gasteiger partial charge in [0, 0.05) is 47.5 Å². The summed E-state index contributed by atoms with van der Waals surface area (Å²) in [5.74, 6) is 0.862. The first kappa shape index (κ1) is 20.3. The maximum atomic E-state index is 13.2. The largest absolute Gasteiger partial charge is 0.497 e. The number of rotatable bonds is 5. The van der Waals surface area contributed by atoms with Crippen molar-refractivity contribution in [2.45, 2.75) is 26.7 Å². The predicted octanol–water partition coefficient (Wildman–Crippen LogP) is 4.29. The number of thiazole rings is 1. The Hall–Kier alpha value is -2.93. The number of ketones is 1. The smallest absolute Gasteiger partial charge is 0.255 e. The molecule has 1 aliphatic rings. The summed E-state index contributed by atoms with van der Waals surface area (Å²) in [5.41, 5.74) is 3.31. The molecule has 1 amide bonds. The van der Waals surface area contributed by atoms with Crippen LogP contribution in [0.15, 0.2) is 41.9 Å². The SMILES string of the molecule is COc1ccc(C(=O)C2CCN(C(=O)c3cc(C)n(-c4nccs4)c3C)CC2)cc1. The molecule has 1 aliphatic heterocycles. The molecule has 1 aromatic carbocycles. The molecule has 0 unspecified atom stereocenters. The van der Waals surface area contributed by atoms with Crippen LogP contribution in [0, 0.1) is 19.8 Å². The van der Waals surface area contributed by atoms with Crippen molar-refractivity contribution in [1.29, 1.82) is 0 Å². The average Bonchev–Trinajstić information content (AvgIpc) is 3.40. The van der Waals surface area contributed by atoms with Gasteiger partial charge in [-0.15, -0.1) is 11.3 Å². The van der Waals surface area contributed by atoms with E-state index < -0.39 is 0 Å². The lowest BCUT2D eigenvalue weighted by molar-refractivity contribution is 0.0649. The molecule has 3 heterocycles. The van der Waals surface area contributed by atoms with Gasteiger partial charge in [0.05, 0.1) is 12.7 Å². The van der Waals surface area contributed by atoms with E-state index in [0.717, 1.165) is 22.3 Å². The van der Waals surface area contributed by atoms with Crippen LogP contribution in [0.1, 0.15) is 44.9 Å². The summed E-state index contributed by atoms with van der Waals surface area (Å²) in [7, 11) is 1.61. The van der Waals surface area contributed by atoms with Gasteiger partial charge in [0.2, 0.25) is 0 Å². The van der Waals surface area contributed by atoms with Crippen LogP contribution in [-0.4, -0.2) is 46.3 Å². The number of carbonyl (C=O) groups excluding carboxylic acids is 2. The number of hydrogen-bond acceptors (Lipinski definition) is 5. The summed E-state index contributed by atoms with van der Waals surface area (Å²) >= 11 is 1.55. The van der Waals surface area contributed by atoms with Crippen LogP contribution in [0.2, 0.25) is 0 Å². The third kappa shape index (κ3) is 3.77. The van der Waals surface area contributed by atoms with Crippen molar-refractivity contribution in [3.8, 4) is 10.9 Å². The number of aryl methyl sites for hydroxylation is 1. The number of Topliss-reactive ketones (excluding diaryl/α,β-unsaturated/α-hetero) is 1. The normalized spacial score (nSPS) is 14.7. The van der Waals surface area contributed by atoms with E-state index in [-0.39, 0.29) is 17.6 Å². The van der Waals surface area contributed by atoms with Gasteiger partial charge in [-0.3, -0.25) is 14.2 Å². The molecular weight excluding hydrogens is 398 g/mol. The van der Waals surface area contributed by atoms with E-state index in [1.54, 1.807) is 24.6 Å². The van der Waals surface area contributed by atoms with Crippen LogP contribution in [-0.2, 0) is 0 Å². The fraction of sp³-hybridized carbons (Fsp3) is 0.348. The average molecular weight is 424 g/mol. The molecule has 3 aromatic rings. The lowest BCUT2D eigenvalue weighted by Crippen LogP contribution is -2.40. The zero-order valence-electron chi connectivity index (χ0n) is 17.4. The van der Waals surface area contributed by atoms with Crippen molar-refractivity contribution in [2.24, 2.45) is 5.92 Å². The Kier molecular flexibility index (Phi) is 5.72. The summed E-state index contributed by atoms with van der Waals surface area (Å²) in [4.78, 5) is 32.2. The van der Waals surface area contributed by atoms with E-state index >= 15 is 0 Å². The molecule has 7 heteroatoms. The first-order chi connectivity index (χ1) is 14.5. The lowest BCUT2D eigenvalue weighted by atomic mass is 9.88. The second-order valence-electron chi connectivity index (χ2n) is 7.59. The van der Waals surface area contributed by atoms with Crippen molar-refractivity contribution >= 4 is 23.0 Å². The van der Waals surface area contributed by atoms with Crippen LogP contribution in [0.4, 0.5) is 0 Å². The van der Waals surface area contributed by atoms with E-state index in [1.807, 2.05) is 59.0 Å². The number of benzene rings is 1. The quantitative estimate of drug-likeness (QED) is 0.574. The second-order valence-corrected chi connectivity index (χ2v) is 8.47. The number of methoxy groups -OCH3 is 1. The minimum Gasteiger partial charge on any atom is -0.497 e. The highest BCUT2D eigenvalue weighted by Crippen LogP contribution is 2.27. The van der Waals surface area contributed by atoms with E-state index in [9.17, 15) is 9.59 Å². The molecule has 0 spiro atoms. The van der Waals surface area contributed by atoms with Crippen molar-refractivity contribution in [3.05, 3.63) is 64.4 Å². The predicted molar refractivity (Wildman–Crippen MR) is 117 cm³/mol. The van der Waals surface area contributed by atoms with Gasteiger partial charge in [0.15, 0.2) is 10.9 Å². The number of ether oxygens (including phenoxy) is 1. The molecule has 6 nitrogen and oxygen atoms in total. The van der Waals surface area contributed by atoms with Crippen LogP contribution >= 0.6 is 11.3 Å². The van der Waals surface area contributed by atoms with Crippen LogP contribution in [0.5, 0.6) is 5.75 Å². The van der Waals surface area contributed by atoms with Gasteiger partial charge in [-0.1, -0.05) is 0 Å². The highest BCUT2D eigenvalue weighted by molar-refractivity contribution is 7.12. The molecule has 0 aliphatic carbocycles. The van der Waals surface area contributed by atoms with Gasteiger partial charge < -0.3 is 9.64 Å². The number of hydrogen-bond donors (Lipinski definition) is 0. The maximum absolute atomic E-state index is 13.2. The molecule has 0 radical (unpaired) electrons. The first-order valence-electron chi connectivity index (χ1n) is 10.1. The highest BCUT2D eigenvalue weighted by Gasteiger charge is 2.30. The number of piperidine rings is 1. The van der Waals surface area contributed by atoms with Gasteiger partial charge in [-0.25, -0.2) is 4.98 Å². The standard InChI is InChI=1S/C23H25N3O3S/c1-15-14-20(16(2)26(15)23-24-10-13-30-23)22(28)25-11-8-18(9-12-25)21(27)17-4-6-19(29-3)7-5-17/h4-7,10,13-14,18H,8-9,11-12H2,1-3H3. The molecule has 30 heavy (non-hydrogen) atoms. The van der Waals surface area contributed by atoms with Gasteiger partial charge in [0.25, 0.3) is 5.91 Å². The minimum atomic E-state index is -0.0507. The summed E-state index contributed by atoms with van der Waals surface area (Å²) < 4.78 is 7.19. The summed E-state index contributed by atoms with van der Waals surface area (Å²) in [6.45, 7) is 5.13. The molecule has 0 N–H and O–H groups in total. The van der Waals surface area contributed by atoms with Crippen LogP contribution < -0.4 is 4.74 Å². The highest BCUT2D eigenvalue weighted by atomic mass is 32.1. The molecule has 156 valence electrons. The topological polar surface area (TPSA) is 64.4 Å². The van der Waals surface area contributed by atoms with Crippen molar-refractivity contribution in [1.82, 2.24) is 14.5 Å². The van der Waals surface area contributed by atoms with Crippen molar-refractivity contribution in [3.63, 3.8) is 0 Å². The third-order valence-electron chi connectivity index (χ3n) is 5.80. The molecule has 1 saturated heterocycles. The number of nitrogens with zero attached hydrogens (tertiary/aromatic N) is 3. The number of aromatic nitrogens is 2. The minimum absolute atomic E-state index is 0.0289. The third-order valence-corrected chi connectivity index (χ3v) is 6.56. The Morgan fingerprint density at radius 1 is 1.13 bits per heavy atom. The Bertz CT molecular complexity index is 1050.